The summed E-state index contributed by atoms with van der Waals surface area (Å²) in [6.45, 7) is 3.78. The van der Waals surface area contributed by atoms with E-state index in [0.717, 1.165) is 12.8 Å². The number of carbonyl (C=O) groups excluding carboxylic acids is 2. The van der Waals surface area contributed by atoms with Gasteiger partial charge < -0.3 is 14.7 Å². The van der Waals surface area contributed by atoms with Crippen molar-refractivity contribution >= 4 is 33.3 Å². The van der Waals surface area contributed by atoms with Crippen LogP contribution < -0.4 is 20.9 Å². The molecule has 13 heteroatoms. The molecule has 32 heavy (non-hydrogen) atoms. The van der Waals surface area contributed by atoms with Crippen LogP contribution in [-0.2, 0) is 10.0 Å². The van der Waals surface area contributed by atoms with Crippen molar-refractivity contribution in [2.45, 2.75) is 30.2 Å². The standard InChI is InChI=1S/C19H28N8O4S/c1-19(4-5-19)23-32(30,31)13-10-15-14(17(28)22-20)12-21-27(15)16(11-13)25-6-8-26(9-7-25)18(29)24(2)3/h10-12,23H,4-9,20H2,1-3H3,(H,22,28). The number of pyridine rings is 1. The summed E-state index contributed by atoms with van der Waals surface area (Å²) in [6.07, 6.45) is 2.91. The minimum atomic E-state index is -3.82. The Morgan fingerprint density at radius 2 is 1.81 bits per heavy atom. The van der Waals surface area contributed by atoms with Gasteiger partial charge in [0.1, 0.15) is 5.82 Å². The number of anilines is 1. The second-order valence-corrected chi connectivity index (χ2v) is 10.4. The summed E-state index contributed by atoms with van der Waals surface area (Å²) >= 11 is 0. The van der Waals surface area contributed by atoms with E-state index >= 15 is 0 Å². The molecule has 174 valence electrons. The number of hydrazine groups is 1. The number of nitrogens with zero attached hydrogens (tertiary/aromatic N) is 5. The van der Waals surface area contributed by atoms with E-state index in [4.69, 9.17) is 5.84 Å². The zero-order chi connectivity index (χ0) is 23.3. The van der Waals surface area contributed by atoms with Crippen LogP contribution in [0.3, 0.4) is 0 Å². The number of sulfonamides is 1. The van der Waals surface area contributed by atoms with Gasteiger partial charge in [-0.1, -0.05) is 0 Å². The lowest BCUT2D eigenvalue weighted by molar-refractivity contribution is 0.0955. The predicted molar refractivity (Wildman–Crippen MR) is 118 cm³/mol. The van der Waals surface area contributed by atoms with E-state index < -0.39 is 21.5 Å². The van der Waals surface area contributed by atoms with Crippen LogP contribution in [-0.4, -0.2) is 85.6 Å². The maximum Gasteiger partial charge on any atom is 0.319 e. The fourth-order valence-corrected chi connectivity index (χ4v) is 5.26. The van der Waals surface area contributed by atoms with Crippen LogP contribution >= 0.6 is 0 Å². The normalized spacial score (nSPS) is 18.0. The lowest BCUT2D eigenvalue weighted by atomic mass is 10.2. The molecule has 0 aromatic carbocycles. The second kappa shape index (κ2) is 7.90. The second-order valence-electron chi connectivity index (χ2n) is 8.70. The maximum atomic E-state index is 13.1. The van der Waals surface area contributed by atoms with Gasteiger partial charge in [-0.3, -0.25) is 10.2 Å². The first-order chi connectivity index (χ1) is 15.0. The fourth-order valence-electron chi connectivity index (χ4n) is 3.76. The lowest BCUT2D eigenvalue weighted by Gasteiger charge is -2.37. The Morgan fingerprint density at radius 3 is 2.38 bits per heavy atom. The van der Waals surface area contributed by atoms with Gasteiger partial charge in [-0.25, -0.2) is 28.3 Å². The summed E-state index contributed by atoms with van der Waals surface area (Å²) in [4.78, 5) is 29.8. The summed E-state index contributed by atoms with van der Waals surface area (Å²) in [5.74, 6) is 5.26. The minimum absolute atomic E-state index is 0.0477. The molecule has 4 N–H and O–H groups in total. The average Bonchev–Trinajstić information content (AvgIpc) is 3.32. The molecule has 2 aliphatic rings. The molecule has 3 amide bonds. The summed E-state index contributed by atoms with van der Waals surface area (Å²) in [7, 11) is -0.418. The highest BCUT2D eigenvalue weighted by molar-refractivity contribution is 7.89. The van der Waals surface area contributed by atoms with Gasteiger partial charge >= 0.3 is 6.03 Å². The number of hydrogen-bond donors (Lipinski definition) is 3. The van der Waals surface area contributed by atoms with E-state index in [2.05, 4.69) is 15.2 Å². The van der Waals surface area contributed by atoms with Crippen LogP contribution in [0.1, 0.15) is 30.1 Å². The molecule has 2 aromatic heterocycles. The van der Waals surface area contributed by atoms with Gasteiger partial charge in [0.2, 0.25) is 10.0 Å². The van der Waals surface area contributed by atoms with E-state index in [0.29, 0.717) is 37.5 Å². The van der Waals surface area contributed by atoms with Gasteiger partial charge in [0.25, 0.3) is 5.91 Å². The van der Waals surface area contributed by atoms with Crippen LogP contribution in [0.4, 0.5) is 10.6 Å². The summed E-state index contributed by atoms with van der Waals surface area (Å²) in [5, 5.41) is 4.31. The number of urea groups is 1. The van der Waals surface area contributed by atoms with Crippen molar-refractivity contribution in [3.63, 3.8) is 0 Å². The Bertz CT molecular complexity index is 1160. The molecule has 2 aromatic rings. The maximum absolute atomic E-state index is 13.1. The number of nitrogens with one attached hydrogen (secondary N) is 2. The summed E-state index contributed by atoms with van der Waals surface area (Å²) < 4.78 is 30.5. The van der Waals surface area contributed by atoms with Crippen LogP contribution in [0.15, 0.2) is 23.2 Å². The van der Waals surface area contributed by atoms with Crippen molar-refractivity contribution in [1.29, 1.82) is 0 Å². The Balaban J connectivity index is 1.74. The van der Waals surface area contributed by atoms with Crippen molar-refractivity contribution in [3.05, 3.63) is 23.9 Å². The Kier molecular flexibility index (Phi) is 5.51. The molecule has 4 rings (SSSR count). The van der Waals surface area contributed by atoms with Crippen LogP contribution in [0.5, 0.6) is 0 Å². The first-order valence-electron chi connectivity index (χ1n) is 10.3. The van der Waals surface area contributed by atoms with Crippen LogP contribution in [0, 0.1) is 0 Å². The third kappa shape index (κ3) is 4.10. The number of nitrogen functional groups attached to an aromatic ring is 1. The number of piperazine rings is 1. The Labute approximate surface area is 186 Å². The number of hydrogen-bond acceptors (Lipinski definition) is 7. The summed E-state index contributed by atoms with van der Waals surface area (Å²) in [5.41, 5.74) is 2.13. The number of aromatic nitrogens is 2. The van der Waals surface area contributed by atoms with Crippen LogP contribution in [0.25, 0.3) is 5.52 Å². The Morgan fingerprint density at radius 1 is 1.16 bits per heavy atom. The van der Waals surface area contributed by atoms with Gasteiger partial charge in [0.15, 0.2) is 0 Å². The highest BCUT2D eigenvalue weighted by Gasteiger charge is 2.41. The number of carbonyl (C=O) groups is 2. The number of amides is 3. The third-order valence-corrected chi connectivity index (χ3v) is 7.52. The molecule has 1 aliphatic heterocycles. The first kappa shape index (κ1) is 22.3. The fraction of sp³-hybridized carbons (Fsp3) is 0.526. The van der Waals surface area contributed by atoms with E-state index in [-0.39, 0.29) is 16.5 Å². The van der Waals surface area contributed by atoms with E-state index in [1.165, 1.54) is 21.7 Å². The van der Waals surface area contributed by atoms with Crippen molar-refractivity contribution in [1.82, 2.24) is 29.6 Å². The van der Waals surface area contributed by atoms with E-state index in [1.54, 1.807) is 25.1 Å². The van der Waals surface area contributed by atoms with E-state index in [1.807, 2.05) is 11.8 Å². The topological polar surface area (TPSA) is 145 Å². The first-order valence-corrected chi connectivity index (χ1v) is 11.8. The molecule has 1 saturated carbocycles. The van der Waals surface area contributed by atoms with Gasteiger partial charge in [-0.2, -0.15) is 5.10 Å². The minimum Gasteiger partial charge on any atom is -0.353 e. The lowest BCUT2D eigenvalue weighted by Crippen LogP contribution is -2.52. The molecule has 0 bridgehead atoms. The van der Waals surface area contributed by atoms with Crippen molar-refractivity contribution in [2.75, 3.05) is 45.2 Å². The molecule has 1 aliphatic carbocycles. The van der Waals surface area contributed by atoms with Crippen molar-refractivity contribution in [2.24, 2.45) is 5.84 Å². The smallest absolute Gasteiger partial charge is 0.319 e. The van der Waals surface area contributed by atoms with Gasteiger partial charge in [0, 0.05) is 51.9 Å². The highest BCUT2D eigenvalue weighted by atomic mass is 32.2. The van der Waals surface area contributed by atoms with Gasteiger partial charge in [-0.05, 0) is 25.8 Å². The third-order valence-electron chi connectivity index (χ3n) is 5.90. The molecule has 0 atom stereocenters. The van der Waals surface area contributed by atoms with Gasteiger partial charge in [-0.15, -0.1) is 0 Å². The van der Waals surface area contributed by atoms with E-state index in [9.17, 15) is 18.0 Å². The quantitative estimate of drug-likeness (QED) is 0.309. The molecular formula is C19H28N8O4S. The average molecular weight is 465 g/mol. The zero-order valence-electron chi connectivity index (χ0n) is 18.3. The number of nitrogens with two attached hydrogens (primary N) is 1. The molecule has 3 heterocycles. The molecule has 0 unspecified atom stereocenters. The number of rotatable bonds is 5. The van der Waals surface area contributed by atoms with Crippen molar-refractivity contribution < 1.29 is 18.0 Å². The highest BCUT2D eigenvalue weighted by Crippen LogP contribution is 2.36. The monoisotopic (exact) mass is 464 g/mol. The molecule has 0 spiro atoms. The summed E-state index contributed by atoms with van der Waals surface area (Å²) in [6, 6.07) is 2.91. The molecule has 12 nitrogen and oxygen atoms in total. The number of fused-ring (bicyclic) bond motifs is 1. The Hall–Kier alpha value is -2.90. The van der Waals surface area contributed by atoms with Crippen LogP contribution in [0.2, 0.25) is 0 Å². The predicted octanol–water partition coefficient (Wildman–Crippen LogP) is -0.428. The van der Waals surface area contributed by atoms with Crippen molar-refractivity contribution in [3.8, 4) is 0 Å². The SMILES string of the molecule is CN(C)C(=O)N1CCN(c2cc(S(=O)(=O)NC3(C)CC3)cc3c(C(=O)NN)cnn23)CC1. The molecule has 0 radical (unpaired) electrons. The molecule has 2 fully saturated rings. The zero-order valence-corrected chi connectivity index (χ0v) is 19.1. The van der Waals surface area contributed by atoms with Gasteiger partial charge in [0.05, 0.1) is 22.2 Å². The molecular weight excluding hydrogens is 436 g/mol. The molecule has 1 saturated heterocycles. The largest absolute Gasteiger partial charge is 0.353 e.